The fourth-order valence-corrected chi connectivity index (χ4v) is 3.23. The molecule has 0 aromatic rings. The van der Waals surface area contributed by atoms with Crippen LogP contribution in [0, 0.1) is 5.92 Å². The van der Waals surface area contributed by atoms with Crippen molar-refractivity contribution >= 4 is 23.6 Å². The average Bonchev–Trinajstić information content (AvgIpc) is 2.62. The summed E-state index contributed by atoms with van der Waals surface area (Å²) < 4.78 is 10.9. The van der Waals surface area contributed by atoms with Crippen LogP contribution in [0.4, 0.5) is 4.79 Å². The molecule has 7 nitrogen and oxygen atoms in total. The number of amides is 2. The molecule has 1 fully saturated rings. The lowest BCUT2D eigenvalue weighted by molar-refractivity contribution is -0.126. The third-order valence-corrected chi connectivity index (χ3v) is 4.78. The van der Waals surface area contributed by atoms with Gasteiger partial charge in [0.05, 0.1) is 19.8 Å². The Morgan fingerprint density at radius 2 is 1.58 bits per heavy atom. The quantitative estimate of drug-likeness (QED) is 0.312. The van der Waals surface area contributed by atoms with Gasteiger partial charge in [0, 0.05) is 31.0 Å². The Labute approximate surface area is 161 Å². The lowest BCUT2D eigenvalue weighted by Gasteiger charge is -2.27. The number of carbonyl (C=O) groups excluding carboxylic acids is 1. The van der Waals surface area contributed by atoms with Crippen LogP contribution >= 0.6 is 11.6 Å². The van der Waals surface area contributed by atoms with Crippen LogP contribution in [0.15, 0.2) is 0 Å². The van der Waals surface area contributed by atoms with E-state index in [-0.39, 0.29) is 17.9 Å². The van der Waals surface area contributed by atoms with Crippen LogP contribution in [-0.4, -0.2) is 62.0 Å². The van der Waals surface area contributed by atoms with Gasteiger partial charge in [0.25, 0.3) is 0 Å². The SMILES string of the molecule is O=C(O)N[C@H]1CC[C@H](C(=O)NCCOCCOCCCCCCCl)CC1. The number of carbonyl (C=O) groups is 2. The van der Waals surface area contributed by atoms with Gasteiger partial charge < -0.3 is 25.2 Å². The van der Waals surface area contributed by atoms with Crippen LogP contribution in [0.2, 0.25) is 0 Å². The first-order valence-corrected chi connectivity index (χ1v) is 10.2. The van der Waals surface area contributed by atoms with E-state index < -0.39 is 6.09 Å². The third kappa shape index (κ3) is 11.5. The van der Waals surface area contributed by atoms with E-state index in [4.69, 9.17) is 26.2 Å². The first kappa shape index (κ1) is 23.0. The summed E-state index contributed by atoms with van der Waals surface area (Å²) in [5, 5.41) is 14.1. The van der Waals surface area contributed by atoms with Crippen molar-refractivity contribution in [3.63, 3.8) is 0 Å². The van der Waals surface area contributed by atoms with Crippen LogP contribution in [0.5, 0.6) is 0 Å². The number of hydrogen-bond donors (Lipinski definition) is 3. The van der Waals surface area contributed by atoms with Crippen LogP contribution in [0.3, 0.4) is 0 Å². The zero-order chi connectivity index (χ0) is 19.0. The predicted molar refractivity (Wildman–Crippen MR) is 101 cm³/mol. The van der Waals surface area contributed by atoms with Gasteiger partial charge in [-0.1, -0.05) is 12.8 Å². The molecule has 1 aliphatic carbocycles. The van der Waals surface area contributed by atoms with E-state index in [2.05, 4.69) is 10.6 Å². The molecule has 0 radical (unpaired) electrons. The molecule has 26 heavy (non-hydrogen) atoms. The molecule has 1 aliphatic rings. The van der Waals surface area contributed by atoms with Crippen molar-refractivity contribution in [3.8, 4) is 0 Å². The summed E-state index contributed by atoms with van der Waals surface area (Å²) in [6.45, 7) is 2.82. The largest absolute Gasteiger partial charge is 0.465 e. The second-order valence-electron chi connectivity index (χ2n) is 6.62. The second kappa shape index (κ2) is 15.1. The van der Waals surface area contributed by atoms with Crippen LogP contribution < -0.4 is 10.6 Å². The molecule has 0 aliphatic heterocycles. The summed E-state index contributed by atoms with van der Waals surface area (Å²) in [6, 6.07) is -0.0276. The van der Waals surface area contributed by atoms with Crippen LogP contribution in [0.1, 0.15) is 51.4 Å². The lowest BCUT2D eigenvalue weighted by atomic mass is 9.85. The fourth-order valence-electron chi connectivity index (χ4n) is 3.04. The summed E-state index contributed by atoms with van der Waals surface area (Å²) in [5.41, 5.74) is 0. The molecule has 2 amide bonds. The number of rotatable bonds is 14. The summed E-state index contributed by atoms with van der Waals surface area (Å²) >= 11 is 5.61. The van der Waals surface area contributed by atoms with Crippen molar-refractivity contribution in [2.45, 2.75) is 57.4 Å². The van der Waals surface area contributed by atoms with Gasteiger partial charge in [-0.15, -0.1) is 11.6 Å². The van der Waals surface area contributed by atoms with E-state index >= 15 is 0 Å². The van der Waals surface area contributed by atoms with E-state index in [1.54, 1.807) is 0 Å². The summed E-state index contributed by atoms with van der Waals surface area (Å²) in [6.07, 6.45) is 6.29. The number of carboxylic acid groups (broad SMARTS) is 1. The van der Waals surface area contributed by atoms with Gasteiger partial charge in [-0.05, 0) is 38.5 Å². The minimum Gasteiger partial charge on any atom is -0.465 e. The van der Waals surface area contributed by atoms with Gasteiger partial charge >= 0.3 is 6.09 Å². The molecule has 0 bridgehead atoms. The van der Waals surface area contributed by atoms with Crippen molar-refractivity contribution in [1.29, 1.82) is 0 Å². The highest BCUT2D eigenvalue weighted by Crippen LogP contribution is 2.24. The highest BCUT2D eigenvalue weighted by atomic mass is 35.5. The Bertz CT molecular complexity index is 390. The molecule has 152 valence electrons. The Morgan fingerprint density at radius 1 is 0.923 bits per heavy atom. The average molecular weight is 393 g/mol. The topological polar surface area (TPSA) is 96.9 Å². The maximum atomic E-state index is 12.1. The molecule has 0 heterocycles. The number of nitrogens with one attached hydrogen (secondary N) is 2. The van der Waals surface area contributed by atoms with E-state index in [0.717, 1.165) is 51.0 Å². The third-order valence-electron chi connectivity index (χ3n) is 4.52. The lowest BCUT2D eigenvalue weighted by Crippen LogP contribution is -2.40. The van der Waals surface area contributed by atoms with Crippen LogP contribution in [0.25, 0.3) is 0 Å². The Kier molecular flexibility index (Phi) is 13.3. The maximum absolute atomic E-state index is 12.1. The Hall–Kier alpha value is -1.05. The smallest absolute Gasteiger partial charge is 0.404 e. The molecule has 0 aromatic carbocycles. The molecule has 1 rings (SSSR count). The minimum atomic E-state index is -0.995. The van der Waals surface area contributed by atoms with E-state index in [1.165, 1.54) is 0 Å². The number of ether oxygens (including phenoxy) is 2. The summed E-state index contributed by atoms with van der Waals surface area (Å²) in [5.74, 6) is 0.744. The fraction of sp³-hybridized carbons (Fsp3) is 0.889. The van der Waals surface area contributed by atoms with Crippen molar-refractivity contribution in [2.24, 2.45) is 5.92 Å². The molecular weight excluding hydrogens is 360 g/mol. The molecule has 0 aromatic heterocycles. The molecule has 3 N–H and O–H groups in total. The Morgan fingerprint density at radius 3 is 2.23 bits per heavy atom. The van der Waals surface area contributed by atoms with Gasteiger partial charge in [-0.25, -0.2) is 4.79 Å². The van der Waals surface area contributed by atoms with Gasteiger partial charge in [-0.2, -0.15) is 0 Å². The van der Waals surface area contributed by atoms with Crippen molar-refractivity contribution < 1.29 is 24.2 Å². The van der Waals surface area contributed by atoms with E-state index in [1.807, 2.05) is 0 Å². The normalized spacial score (nSPS) is 19.9. The zero-order valence-electron chi connectivity index (χ0n) is 15.5. The van der Waals surface area contributed by atoms with Gasteiger partial charge in [-0.3, -0.25) is 4.79 Å². The van der Waals surface area contributed by atoms with Gasteiger partial charge in [0.2, 0.25) is 5.91 Å². The molecular formula is C18H33ClN2O5. The van der Waals surface area contributed by atoms with Gasteiger partial charge in [0.15, 0.2) is 0 Å². The number of alkyl halides is 1. The minimum absolute atomic E-state index is 0.0241. The molecule has 0 spiro atoms. The first-order valence-electron chi connectivity index (χ1n) is 9.62. The molecule has 0 atom stereocenters. The van der Waals surface area contributed by atoms with Crippen LogP contribution in [-0.2, 0) is 14.3 Å². The highest BCUT2D eigenvalue weighted by molar-refractivity contribution is 6.17. The standard InChI is InChI=1S/C18H33ClN2O5/c19-9-3-1-2-4-11-25-13-14-26-12-10-20-17(22)15-5-7-16(8-6-15)21-18(23)24/h15-16,21H,1-14H2,(H,20,22)(H,23,24)/t15-,16-. The first-order chi connectivity index (χ1) is 12.6. The monoisotopic (exact) mass is 392 g/mol. The summed E-state index contributed by atoms with van der Waals surface area (Å²) in [4.78, 5) is 22.7. The van der Waals surface area contributed by atoms with E-state index in [0.29, 0.717) is 39.2 Å². The van der Waals surface area contributed by atoms with E-state index in [9.17, 15) is 9.59 Å². The second-order valence-corrected chi connectivity index (χ2v) is 6.99. The number of hydrogen-bond acceptors (Lipinski definition) is 4. The van der Waals surface area contributed by atoms with Crippen molar-refractivity contribution in [1.82, 2.24) is 10.6 Å². The highest BCUT2D eigenvalue weighted by Gasteiger charge is 2.26. The Balaban J connectivity index is 1.89. The molecule has 8 heteroatoms. The van der Waals surface area contributed by atoms with Gasteiger partial charge in [0.1, 0.15) is 0 Å². The number of unbranched alkanes of at least 4 members (excludes halogenated alkanes) is 3. The van der Waals surface area contributed by atoms with Crippen molar-refractivity contribution in [3.05, 3.63) is 0 Å². The summed E-state index contributed by atoms with van der Waals surface area (Å²) in [7, 11) is 0. The van der Waals surface area contributed by atoms with Crippen molar-refractivity contribution in [2.75, 3.05) is 38.9 Å². The molecule has 0 saturated heterocycles. The predicted octanol–water partition coefficient (Wildman–Crippen LogP) is 2.76. The zero-order valence-corrected chi connectivity index (χ0v) is 16.3. The molecule has 1 saturated carbocycles. The maximum Gasteiger partial charge on any atom is 0.404 e. The molecule has 0 unspecified atom stereocenters. The number of halogens is 1.